The van der Waals surface area contributed by atoms with Gasteiger partial charge in [-0.05, 0) is 24.6 Å². The van der Waals surface area contributed by atoms with E-state index in [0.29, 0.717) is 10.9 Å². The van der Waals surface area contributed by atoms with Gasteiger partial charge in [-0.15, -0.1) is 0 Å². The number of nitriles is 1. The highest BCUT2D eigenvalue weighted by Crippen LogP contribution is 2.33. The standard InChI is InChI=1S/C15H12F2IN3O3S2/c1-9(8-19)15(22)14-6-10-5-11(17)12(7-13(10)21(14)25-18)20-26(23,24)4-2-3-16/h5-7,20H,1-4H2. The minimum atomic E-state index is -3.91. The molecule has 1 aromatic carbocycles. The number of nitrogens with zero attached hydrogens (tertiary/aromatic N) is 2. The van der Waals surface area contributed by atoms with Crippen molar-refractivity contribution in [1.29, 1.82) is 5.26 Å². The maximum absolute atomic E-state index is 14.3. The maximum Gasteiger partial charge on any atom is 0.232 e. The molecule has 6 nitrogen and oxygen atoms in total. The number of allylic oxidation sites excluding steroid dienone is 1. The van der Waals surface area contributed by atoms with Crippen LogP contribution < -0.4 is 4.72 Å². The summed E-state index contributed by atoms with van der Waals surface area (Å²) in [7, 11) is -2.81. The fourth-order valence-electron chi connectivity index (χ4n) is 2.18. The van der Waals surface area contributed by atoms with Gasteiger partial charge in [-0.3, -0.25) is 17.9 Å². The first-order valence-electron chi connectivity index (χ1n) is 7.08. The van der Waals surface area contributed by atoms with Crippen LogP contribution in [0.1, 0.15) is 16.9 Å². The normalized spacial score (nSPS) is 11.3. The molecule has 11 heteroatoms. The molecule has 0 aliphatic carbocycles. The largest absolute Gasteiger partial charge is 0.286 e. The van der Waals surface area contributed by atoms with E-state index in [0.717, 1.165) is 15.2 Å². The predicted molar refractivity (Wildman–Crippen MR) is 106 cm³/mol. The van der Waals surface area contributed by atoms with E-state index in [-0.39, 0.29) is 23.4 Å². The third-order valence-corrected chi connectivity index (χ3v) is 6.44. The van der Waals surface area contributed by atoms with Crippen molar-refractivity contribution >= 4 is 62.7 Å². The van der Waals surface area contributed by atoms with Gasteiger partial charge in [0, 0.05) is 35.7 Å². The fourth-order valence-corrected chi connectivity index (χ4v) is 4.98. The second-order valence-corrected chi connectivity index (χ2v) is 8.69. The first kappa shape index (κ1) is 20.7. The second kappa shape index (κ2) is 8.36. The van der Waals surface area contributed by atoms with Crippen LogP contribution in [0.5, 0.6) is 0 Å². The van der Waals surface area contributed by atoms with Gasteiger partial charge in [0.1, 0.15) is 17.6 Å². The van der Waals surface area contributed by atoms with Crippen molar-refractivity contribution in [3.63, 3.8) is 0 Å². The third-order valence-electron chi connectivity index (χ3n) is 3.37. The molecule has 0 radical (unpaired) electrons. The van der Waals surface area contributed by atoms with E-state index in [4.69, 9.17) is 5.26 Å². The summed E-state index contributed by atoms with van der Waals surface area (Å²) in [6.45, 7) is 2.57. The van der Waals surface area contributed by atoms with Gasteiger partial charge in [-0.25, -0.2) is 12.8 Å². The number of benzene rings is 1. The van der Waals surface area contributed by atoms with E-state index in [1.165, 1.54) is 16.1 Å². The van der Waals surface area contributed by atoms with E-state index >= 15 is 0 Å². The average Bonchev–Trinajstić information content (AvgIpc) is 2.95. The number of anilines is 1. The smallest absolute Gasteiger partial charge is 0.232 e. The van der Waals surface area contributed by atoms with Gasteiger partial charge in [0.15, 0.2) is 0 Å². The lowest BCUT2D eigenvalue weighted by molar-refractivity contribution is 0.103. The molecule has 1 heterocycles. The zero-order valence-electron chi connectivity index (χ0n) is 13.1. The Hall–Kier alpha value is -1.65. The highest BCUT2D eigenvalue weighted by molar-refractivity contribution is 14.2. The summed E-state index contributed by atoms with van der Waals surface area (Å²) in [6, 6.07) is 5.39. The zero-order valence-corrected chi connectivity index (χ0v) is 16.9. The molecule has 0 spiro atoms. The molecular weight excluding hydrogens is 499 g/mol. The van der Waals surface area contributed by atoms with Crippen molar-refractivity contribution in [2.45, 2.75) is 6.42 Å². The summed E-state index contributed by atoms with van der Waals surface area (Å²) in [6.07, 6.45) is -0.200. The van der Waals surface area contributed by atoms with Gasteiger partial charge >= 0.3 is 0 Å². The highest BCUT2D eigenvalue weighted by Gasteiger charge is 2.21. The number of hydrogen-bond acceptors (Lipinski definition) is 5. The van der Waals surface area contributed by atoms with Gasteiger partial charge in [-0.2, -0.15) is 5.26 Å². The molecule has 138 valence electrons. The molecule has 0 aliphatic rings. The van der Waals surface area contributed by atoms with E-state index < -0.39 is 34.1 Å². The molecule has 26 heavy (non-hydrogen) atoms. The molecule has 0 saturated heterocycles. The number of alkyl halides is 1. The van der Waals surface area contributed by atoms with Gasteiger partial charge in [0.2, 0.25) is 15.8 Å². The SMILES string of the molecule is C=C(C#N)C(=O)c1cc2cc(F)c(NS(=O)(=O)CCCF)cc2n1SI. The number of sulfonamides is 1. The summed E-state index contributed by atoms with van der Waals surface area (Å²) in [5, 5.41) is 9.19. The summed E-state index contributed by atoms with van der Waals surface area (Å²) < 4.78 is 53.8. The summed E-state index contributed by atoms with van der Waals surface area (Å²) in [5.74, 6) is -1.93. The van der Waals surface area contributed by atoms with Crippen LogP contribution in [0.2, 0.25) is 0 Å². The number of hydrogen-bond donors (Lipinski definition) is 1. The van der Waals surface area contributed by atoms with Gasteiger partial charge in [0.25, 0.3) is 0 Å². The van der Waals surface area contributed by atoms with Crippen LogP contribution in [-0.2, 0) is 10.0 Å². The quantitative estimate of drug-likeness (QED) is 0.251. The van der Waals surface area contributed by atoms with Crippen LogP contribution in [0.15, 0.2) is 30.4 Å². The van der Waals surface area contributed by atoms with Crippen LogP contribution in [0, 0.1) is 17.1 Å². The number of nitrogens with one attached hydrogen (secondary N) is 1. The number of rotatable bonds is 8. The first-order valence-corrected chi connectivity index (χ1v) is 12.0. The molecule has 2 rings (SSSR count). The Morgan fingerprint density at radius 3 is 2.69 bits per heavy atom. The summed E-state index contributed by atoms with van der Waals surface area (Å²) >= 11 is 1.90. The van der Waals surface area contributed by atoms with Gasteiger partial charge < -0.3 is 0 Å². The Morgan fingerprint density at radius 2 is 2.12 bits per heavy atom. The molecule has 2 aromatic rings. The van der Waals surface area contributed by atoms with Crippen LogP contribution >= 0.6 is 30.3 Å². The number of carbonyl (C=O) groups is 1. The molecule has 0 fully saturated rings. The second-order valence-electron chi connectivity index (χ2n) is 5.17. The Kier molecular flexibility index (Phi) is 6.64. The zero-order chi connectivity index (χ0) is 19.5. The monoisotopic (exact) mass is 511 g/mol. The molecule has 0 amide bonds. The van der Waals surface area contributed by atoms with Crippen molar-refractivity contribution < 1.29 is 22.0 Å². The van der Waals surface area contributed by atoms with Crippen molar-refractivity contribution in [2.24, 2.45) is 0 Å². The van der Waals surface area contributed by atoms with Crippen molar-refractivity contribution in [2.75, 3.05) is 17.1 Å². The average molecular weight is 511 g/mol. The van der Waals surface area contributed by atoms with Crippen molar-refractivity contribution in [3.8, 4) is 6.07 Å². The molecule has 0 atom stereocenters. The van der Waals surface area contributed by atoms with Crippen LogP contribution in [0.25, 0.3) is 10.9 Å². The lowest BCUT2D eigenvalue weighted by Crippen LogP contribution is -2.18. The molecule has 0 aliphatic heterocycles. The van der Waals surface area contributed by atoms with Crippen LogP contribution in [0.3, 0.4) is 0 Å². The molecule has 0 saturated carbocycles. The number of aromatic nitrogens is 1. The Balaban J connectivity index is 2.54. The number of carbonyl (C=O) groups excluding carboxylic acids is 1. The third kappa shape index (κ3) is 4.36. The lowest BCUT2D eigenvalue weighted by Gasteiger charge is -2.10. The minimum absolute atomic E-state index is 0.114. The minimum Gasteiger partial charge on any atom is -0.286 e. The van der Waals surface area contributed by atoms with Crippen molar-refractivity contribution in [1.82, 2.24) is 3.97 Å². The van der Waals surface area contributed by atoms with E-state index in [2.05, 4.69) is 11.3 Å². The van der Waals surface area contributed by atoms with E-state index in [1.54, 1.807) is 6.07 Å². The first-order chi connectivity index (χ1) is 12.2. The predicted octanol–water partition coefficient (Wildman–Crippen LogP) is 3.99. The molecule has 0 bridgehead atoms. The lowest BCUT2D eigenvalue weighted by atomic mass is 10.1. The number of halogens is 3. The number of Topliss-reactive ketones (excluding diaryl/α,β-unsaturated/α-hetero) is 1. The number of ketones is 1. The van der Waals surface area contributed by atoms with Crippen molar-refractivity contribution in [3.05, 3.63) is 41.9 Å². The van der Waals surface area contributed by atoms with E-state index in [1.807, 2.05) is 21.2 Å². The Labute approximate surface area is 165 Å². The van der Waals surface area contributed by atoms with Crippen LogP contribution in [-0.4, -0.2) is 30.6 Å². The fraction of sp³-hybridized carbons (Fsp3) is 0.200. The number of fused-ring (bicyclic) bond motifs is 1. The van der Waals surface area contributed by atoms with E-state index in [9.17, 15) is 22.0 Å². The summed E-state index contributed by atoms with van der Waals surface area (Å²) in [4.78, 5) is 12.2. The molecule has 0 unspecified atom stereocenters. The Morgan fingerprint density at radius 1 is 1.42 bits per heavy atom. The molecule has 1 N–H and O–H groups in total. The highest BCUT2D eigenvalue weighted by atomic mass is 127. The molecular formula is C15H12F2IN3O3S2. The van der Waals surface area contributed by atoms with Crippen LogP contribution in [0.4, 0.5) is 14.5 Å². The van der Waals surface area contributed by atoms with Gasteiger partial charge in [-0.1, -0.05) is 6.58 Å². The van der Waals surface area contributed by atoms with Gasteiger partial charge in [0.05, 0.1) is 29.2 Å². The maximum atomic E-state index is 14.3. The topological polar surface area (TPSA) is 92.0 Å². The summed E-state index contributed by atoms with van der Waals surface area (Å²) in [5.41, 5.74) is -0.0859. The molecule has 1 aromatic heterocycles. The Bertz CT molecular complexity index is 1030.